The van der Waals surface area contributed by atoms with E-state index in [1.54, 1.807) is 12.1 Å². The van der Waals surface area contributed by atoms with Crippen LogP contribution in [0.4, 0.5) is 0 Å². The summed E-state index contributed by atoms with van der Waals surface area (Å²) < 4.78 is 25.0. The van der Waals surface area contributed by atoms with Crippen LogP contribution in [-0.4, -0.2) is 35.9 Å². The lowest BCUT2D eigenvalue weighted by atomic mass is 10.3. The van der Waals surface area contributed by atoms with Gasteiger partial charge in [0, 0.05) is 29.6 Å². The number of aromatic nitrogens is 2. The van der Waals surface area contributed by atoms with E-state index >= 15 is 0 Å². The number of aryl methyl sites for hydroxylation is 1. The van der Waals surface area contributed by atoms with Crippen LogP contribution in [0, 0.1) is 0 Å². The van der Waals surface area contributed by atoms with Gasteiger partial charge >= 0.3 is 0 Å². The van der Waals surface area contributed by atoms with Crippen molar-refractivity contribution in [2.75, 3.05) is 17.9 Å². The summed E-state index contributed by atoms with van der Waals surface area (Å²) in [5.74, 6) is 1.28. The number of sulfone groups is 1. The van der Waals surface area contributed by atoms with Crippen molar-refractivity contribution in [3.8, 4) is 0 Å². The Balaban J connectivity index is 2.56. The minimum atomic E-state index is -3.07. The summed E-state index contributed by atoms with van der Waals surface area (Å²) in [5, 5.41) is 0.607. The third-order valence-electron chi connectivity index (χ3n) is 3.03. The summed E-state index contributed by atoms with van der Waals surface area (Å²) in [4.78, 5) is 4.51. The van der Waals surface area contributed by atoms with Crippen LogP contribution in [0.3, 0.4) is 0 Å². The lowest BCUT2D eigenvalue weighted by Gasteiger charge is -2.16. The molecule has 0 saturated carbocycles. The van der Waals surface area contributed by atoms with Gasteiger partial charge in [-0.1, -0.05) is 11.6 Å². The minimum absolute atomic E-state index is 0.0658. The van der Waals surface area contributed by atoms with E-state index in [1.807, 2.05) is 17.6 Å². The van der Waals surface area contributed by atoms with Gasteiger partial charge in [0.15, 0.2) is 0 Å². The number of benzene rings is 1. The quantitative estimate of drug-likeness (QED) is 0.789. The molecule has 1 aromatic carbocycles. The van der Waals surface area contributed by atoms with Crippen molar-refractivity contribution in [3.63, 3.8) is 0 Å². The molecule has 1 heterocycles. The van der Waals surface area contributed by atoms with E-state index in [1.165, 1.54) is 6.26 Å². The summed E-state index contributed by atoms with van der Waals surface area (Å²) >= 11 is 11.8. The second kappa shape index (κ2) is 5.92. The molecule has 0 aliphatic carbocycles. The maximum Gasteiger partial charge on any atom is 0.149 e. The number of halogens is 2. The minimum Gasteiger partial charge on any atom is -0.324 e. The first-order valence-electron chi connectivity index (χ1n) is 6.22. The first kappa shape index (κ1) is 15.6. The summed E-state index contributed by atoms with van der Waals surface area (Å²) in [5.41, 5.74) is 1.64. The Morgan fingerprint density at radius 3 is 2.70 bits per heavy atom. The molecule has 0 saturated heterocycles. The van der Waals surface area contributed by atoms with Crippen LogP contribution in [0.5, 0.6) is 0 Å². The zero-order valence-corrected chi connectivity index (χ0v) is 13.6. The second-order valence-electron chi connectivity index (χ2n) is 4.91. The van der Waals surface area contributed by atoms with Crippen molar-refractivity contribution in [2.45, 2.75) is 19.4 Å². The zero-order valence-electron chi connectivity index (χ0n) is 11.3. The van der Waals surface area contributed by atoms with Gasteiger partial charge < -0.3 is 4.57 Å². The fourth-order valence-corrected chi connectivity index (χ4v) is 3.75. The molecule has 0 spiro atoms. The number of imidazole rings is 1. The van der Waals surface area contributed by atoms with Gasteiger partial charge in [0.05, 0.1) is 16.8 Å². The van der Waals surface area contributed by atoms with Crippen LogP contribution in [0.25, 0.3) is 11.0 Å². The number of nitrogens with zero attached hydrogens (tertiary/aromatic N) is 2. The maximum atomic E-state index is 11.5. The Morgan fingerprint density at radius 1 is 1.40 bits per heavy atom. The third-order valence-corrected chi connectivity index (χ3v) is 4.54. The summed E-state index contributed by atoms with van der Waals surface area (Å²) in [6.45, 7) is 1.87. The fourth-order valence-electron chi connectivity index (χ4n) is 2.39. The highest BCUT2D eigenvalue weighted by Crippen LogP contribution is 2.25. The van der Waals surface area contributed by atoms with Crippen LogP contribution in [0.15, 0.2) is 18.2 Å². The second-order valence-corrected chi connectivity index (χ2v) is 7.91. The highest BCUT2D eigenvalue weighted by atomic mass is 35.5. The van der Waals surface area contributed by atoms with Crippen molar-refractivity contribution >= 4 is 44.1 Å². The first-order chi connectivity index (χ1) is 9.31. The molecular formula is C13H16Cl2N2O2S. The predicted molar refractivity (Wildman–Crippen MR) is 83.6 cm³/mol. The van der Waals surface area contributed by atoms with Gasteiger partial charge in [0.1, 0.15) is 15.7 Å². The van der Waals surface area contributed by atoms with Gasteiger partial charge in [0.25, 0.3) is 0 Å². The molecule has 2 rings (SSSR count). The first-order valence-corrected chi connectivity index (χ1v) is 9.19. The normalized spacial score (nSPS) is 13.8. The molecule has 1 atom stereocenters. The van der Waals surface area contributed by atoms with E-state index in [-0.39, 0.29) is 11.8 Å². The van der Waals surface area contributed by atoms with E-state index in [4.69, 9.17) is 23.2 Å². The van der Waals surface area contributed by atoms with Crippen LogP contribution in [0.2, 0.25) is 5.02 Å². The molecule has 7 heteroatoms. The number of hydrogen-bond acceptors (Lipinski definition) is 3. The highest BCUT2D eigenvalue weighted by molar-refractivity contribution is 7.90. The number of rotatable bonds is 5. The molecule has 1 aromatic heterocycles. The van der Waals surface area contributed by atoms with Crippen LogP contribution in [0.1, 0.15) is 18.8 Å². The Morgan fingerprint density at radius 2 is 2.10 bits per heavy atom. The fraction of sp³-hybridized carbons (Fsp3) is 0.462. The number of hydrogen-bond donors (Lipinski definition) is 0. The summed E-state index contributed by atoms with van der Waals surface area (Å²) in [7, 11) is -3.07. The lowest BCUT2D eigenvalue weighted by Crippen LogP contribution is -2.18. The van der Waals surface area contributed by atoms with Crippen LogP contribution >= 0.6 is 23.2 Å². The van der Waals surface area contributed by atoms with E-state index < -0.39 is 9.84 Å². The molecule has 20 heavy (non-hydrogen) atoms. The van der Waals surface area contributed by atoms with Crippen LogP contribution in [-0.2, 0) is 16.3 Å². The molecular weight excluding hydrogens is 319 g/mol. The van der Waals surface area contributed by atoms with Crippen molar-refractivity contribution < 1.29 is 8.42 Å². The van der Waals surface area contributed by atoms with Gasteiger partial charge in [-0.25, -0.2) is 13.4 Å². The number of alkyl halides is 1. The predicted octanol–water partition coefficient (Wildman–Crippen LogP) is 3.08. The highest BCUT2D eigenvalue weighted by Gasteiger charge is 2.19. The maximum absolute atomic E-state index is 11.5. The molecule has 2 aromatic rings. The average molecular weight is 335 g/mol. The summed E-state index contributed by atoms with van der Waals surface area (Å²) in [6.07, 6.45) is 1.82. The Labute approximate surface area is 128 Å². The molecule has 0 aliphatic heterocycles. The smallest absolute Gasteiger partial charge is 0.149 e. The molecule has 0 amide bonds. The van der Waals surface area contributed by atoms with Gasteiger partial charge in [-0.15, -0.1) is 11.6 Å². The molecule has 0 fully saturated rings. The molecule has 110 valence electrons. The van der Waals surface area contributed by atoms with E-state index in [0.29, 0.717) is 17.3 Å². The van der Waals surface area contributed by atoms with Crippen molar-refractivity contribution in [1.82, 2.24) is 9.55 Å². The third kappa shape index (κ3) is 3.45. The Kier molecular flexibility index (Phi) is 4.62. The molecule has 1 unspecified atom stereocenters. The van der Waals surface area contributed by atoms with Gasteiger partial charge in [0.2, 0.25) is 0 Å². The van der Waals surface area contributed by atoms with Gasteiger partial charge in [-0.2, -0.15) is 0 Å². The zero-order chi connectivity index (χ0) is 14.9. The molecule has 4 nitrogen and oxygen atoms in total. The van der Waals surface area contributed by atoms with Gasteiger partial charge in [-0.05, 0) is 25.1 Å². The molecule has 0 radical (unpaired) electrons. The van der Waals surface area contributed by atoms with Crippen molar-refractivity contribution in [2.24, 2.45) is 0 Å². The molecule has 0 N–H and O–H groups in total. The topological polar surface area (TPSA) is 52.0 Å². The lowest BCUT2D eigenvalue weighted by molar-refractivity contribution is 0.557. The largest absolute Gasteiger partial charge is 0.324 e. The van der Waals surface area contributed by atoms with Crippen molar-refractivity contribution in [1.29, 1.82) is 0 Å². The standard InChI is InChI=1S/C13H16Cl2N2O2S/c1-9(8-20(2,18)19)17-12-4-3-10(15)7-11(12)16-13(17)5-6-14/h3-4,7,9H,5-6,8H2,1-2H3. The van der Waals surface area contributed by atoms with Crippen LogP contribution < -0.4 is 0 Å². The monoisotopic (exact) mass is 334 g/mol. The van der Waals surface area contributed by atoms with E-state index in [2.05, 4.69) is 4.98 Å². The SMILES string of the molecule is CC(CS(C)(=O)=O)n1c(CCCl)nc2cc(Cl)ccc21. The van der Waals surface area contributed by atoms with E-state index in [0.717, 1.165) is 16.9 Å². The molecule has 0 bridgehead atoms. The Bertz CT molecular complexity index is 725. The van der Waals surface area contributed by atoms with Gasteiger partial charge in [-0.3, -0.25) is 0 Å². The summed E-state index contributed by atoms with van der Waals surface area (Å²) in [6, 6.07) is 5.22. The number of fused-ring (bicyclic) bond motifs is 1. The Hall–Kier alpha value is -0.780. The molecule has 0 aliphatic rings. The van der Waals surface area contributed by atoms with Crippen molar-refractivity contribution in [3.05, 3.63) is 29.0 Å². The average Bonchev–Trinajstić information content (AvgIpc) is 2.64. The van der Waals surface area contributed by atoms with E-state index in [9.17, 15) is 8.42 Å².